The predicted octanol–water partition coefficient (Wildman–Crippen LogP) is 3.24. The number of nitrogens with one attached hydrogen (secondary N) is 1. The van der Waals surface area contributed by atoms with Gasteiger partial charge in [-0.1, -0.05) is 0 Å². The van der Waals surface area contributed by atoms with Crippen molar-refractivity contribution in [2.75, 3.05) is 11.1 Å². The smallest absolute Gasteiger partial charge is 0.410 e. The molecule has 4 rings (SSSR count). The number of benzene rings is 1. The fraction of sp³-hybridized carbons (Fsp3) is 0.176. The lowest BCUT2D eigenvalue weighted by Gasteiger charge is -2.11. The average Bonchev–Trinajstić information content (AvgIpc) is 3.38. The number of nitrogen functional groups attached to an aromatic ring is 1. The van der Waals surface area contributed by atoms with E-state index in [-0.39, 0.29) is 5.82 Å². The van der Waals surface area contributed by atoms with Crippen molar-refractivity contribution in [3.8, 4) is 11.1 Å². The van der Waals surface area contributed by atoms with Crippen LogP contribution < -0.4 is 11.1 Å². The van der Waals surface area contributed by atoms with Gasteiger partial charge in [0.2, 0.25) is 0 Å². The standard InChI is InChI=1S/C17H15N5O2/c18-15-4-10(13-8-21-20-7-12(13)9-1-2-9)3-11-5-16(22-17(23)24)19-6-14(11)15/h3-9H,1-2,18H2,(H,19,22)(H,23,24). The molecule has 1 aliphatic rings. The summed E-state index contributed by atoms with van der Waals surface area (Å²) >= 11 is 0. The Balaban J connectivity index is 1.86. The molecule has 0 radical (unpaired) electrons. The summed E-state index contributed by atoms with van der Waals surface area (Å²) in [7, 11) is 0. The van der Waals surface area contributed by atoms with Gasteiger partial charge in [-0.15, -0.1) is 0 Å². The number of nitrogens with zero attached hydrogens (tertiary/aromatic N) is 3. The van der Waals surface area contributed by atoms with Crippen LogP contribution in [0.2, 0.25) is 0 Å². The van der Waals surface area contributed by atoms with Crippen molar-refractivity contribution in [2.24, 2.45) is 0 Å². The highest BCUT2D eigenvalue weighted by atomic mass is 16.4. The first-order chi connectivity index (χ1) is 11.6. The molecule has 3 aromatic rings. The Morgan fingerprint density at radius 3 is 2.71 bits per heavy atom. The minimum absolute atomic E-state index is 0.266. The molecule has 1 aromatic carbocycles. The van der Waals surface area contributed by atoms with Crippen molar-refractivity contribution >= 4 is 28.4 Å². The molecule has 0 spiro atoms. The second kappa shape index (κ2) is 5.45. The van der Waals surface area contributed by atoms with Gasteiger partial charge >= 0.3 is 6.09 Å². The summed E-state index contributed by atoms with van der Waals surface area (Å²) < 4.78 is 0. The van der Waals surface area contributed by atoms with E-state index in [0.717, 1.165) is 21.9 Å². The van der Waals surface area contributed by atoms with Gasteiger partial charge in [0.1, 0.15) is 5.82 Å². The van der Waals surface area contributed by atoms with E-state index in [1.807, 2.05) is 18.3 Å². The third-order valence-electron chi connectivity index (χ3n) is 4.19. The minimum Gasteiger partial charge on any atom is -0.465 e. The van der Waals surface area contributed by atoms with E-state index < -0.39 is 6.09 Å². The third-order valence-corrected chi connectivity index (χ3v) is 4.19. The summed E-state index contributed by atoms with van der Waals surface area (Å²) in [6, 6.07) is 5.55. The first kappa shape index (κ1) is 14.4. The highest BCUT2D eigenvalue weighted by molar-refractivity contribution is 5.98. The number of nitrogens with two attached hydrogens (primary N) is 1. The number of pyridine rings is 1. The van der Waals surface area contributed by atoms with Crippen LogP contribution in [0.1, 0.15) is 24.3 Å². The molecule has 1 saturated carbocycles. The lowest BCUT2D eigenvalue weighted by Crippen LogP contribution is -2.08. The van der Waals surface area contributed by atoms with Crippen molar-refractivity contribution in [1.82, 2.24) is 15.2 Å². The number of fused-ring (bicyclic) bond motifs is 1. The van der Waals surface area contributed by atoms with Gasteiger partial charge in [-0.05, 0) is 53.5 Å². The molecule has 0 bridgehead atoms. The molecule has 0 atom stereocenters. The summed E-state index contributed by atoms with van der Waals surface area (Å²) in [4.78, 5) is 14.9. The van der Waals surface area contributed by atoms with Crippen LogP contribution in [-0.4, -0.2) is 26.4 Å². The average molecular weight is 321 g/mol. The number of amides is 1. The molecule has 4 N–H and O–H groups in total. The summed E-state index contributed by atoms with van der Waals surface area (Å²) in [5.74, 6) is 0.802. The van der Waals surface area contributed by atoms with Gasteiger partial charge in [-0.3, -0.25) is 5.32 Å². The monoisotopic (exact) mass is 321 g/mol. The van der Waals surface area contributed by atoms with Crippen molar-refractivity contribution in [3.05, 3.63) is 42.4 Å². The van der Waals surface area contributed by atoms with Crippen LogP contribution in [0.4, 0.5) is 16.3 Å². The lowest BCUT2D eigenvalue weighted by molar-refractivity contribution is 0.209. The Labute approximate surface area is 137 Å². The molecule has 7 nitrogen and oxygen atoms in total. The van der Waals surface area contributed by atoms with Gasteiger partial charge in [0.05, 0.1) is 12.4 Å². The Morgan fingerprint density at radius 1 is 1.17 bits per heavy atom. The Hall–Kier alpha value is -3.22. The van der Waals surface area contributed by atoms with E-state index in [2.05, 4.69) is 20.5 Å². The van der Waals surface area contributed by atoms with Crippen LogP contribution in [0.5, 0.6) is 0 Å². The van der Waals surface area contributed by atoms with E-state index in [1.165, 1.54) is 18.4 Å². The van der Waals surface area contributed by atoms with Gasteiger partial charge in [0.25, 0.3) is 0 Å². The predicted molar refractivity (Wildman–Crippen MR) is 90.8 cm³/mol. The molecule has 2 heterocycles. The normalized spacial score (nSPS) is 13.8. The maximum absolute atomic E-state index is 10.8. The number of carboxylic acid groups (broad SMARTS) is 1. The summed E-state index contributed by atoms with van der Waals surface area (Å²) in [6.07, 6.45) is 6.33. The lowest BCUT2D eigenvalue weighted by atomic mass is 9.97. The summed E-state index contributed by atoms with van der Waals surface area (Å²) in [5.41, 5.74) is 9.92. The van der Waals surface area contributed by atoms with Crippen LogP contribution in [0.25, 0.3) is 21.9 Å². The molecular weight excluding hydrogens is 306 g/mol. The van der Waals surface area contributed by atoms with Crippen LogP contribution in [0.3, 0.4) is 0 Å². The highest BCUT2D eigenvalue weighted by Crippen LogP contribution is 2.44. The number of carbonyl (C=O) groups is 1. The molecule has 1 aliphatic carbocycles. The Kier molecular flexibility index (Phi) is 3.26. The fourth-order valence-electron chi connectivity index (χ4n) is 2.91. The molecule has 1 fully saturated rings. The van der Waals surface area contributed by atoms with Crippen LogP contribution in [0, 0.1) is 0 Å². The molecule has 7 heteroatoms. The molecule has 0 saturated heterocycles. The second-order valence-electron chi connectivity index (χ2n) is 5.92. The largest absolute Gasteiger partial charge is 0.465 e. The first-order valence-electron chi connectivity index (χ1n) is 7.62. The minimum atomic E-state index is -1.15. The van der Waals surface area contributed by atoms with Crippen molar-refractivity contribution in [2.45, 2.75) is 18.8 Å². The summed E-state index contributed by atoms with van der Waals surface area (Å²) in [5, 5.41) is 20.7. The van der Waals surface area contributed by atoms with Crippen LogP contribution >= 0.6 is 0 Å². The van der Waals surface area contributed by atoms with E-state index >= 15 is 0 Å². The van der Waals surface area contributed by atoms with Crippen molar-refractivity contribution < 1.29 is 9.90 Å². The zero-order valence-corrected chi connectivity index (χ0v) is 12.7. The molecule has 1 amide bonds. The topological polar surface area (TPSA) is 114 Å². The number of rotatable bonds is 3. The van der Waals surface area contributed by atoms with Crippen LogP contribution in [-0.2, 0) is 0 Å². The summed E-state index contributed by atoms with van der Waals surface area (Å²) in [6.45, 7) is 0. The molecule has 0 aliphatic heterocycles. The van der Waals surface area contributed by atoms with E-state index in [0.29, 0.717) is 11.6 Å². The fourth-order valence-corrected chi connectivity index (χ4v) is 2.91. The molecular formula is C17H15N5O2. The van der Waals surface area contributed by atoms with E-state index in [4.69, 9.17) is 10.8 Å². The number of aromatic nitrogens is 3. The van der Waals surface area contributed by atoms with Gasteiger partial charge in [-0.25, -0.2) is 9.78 Å². The zero-order valence-electron chi connectivity index (χ0n) is 12.7. The van der Waals surface area contributed by atoms with Gasteiger partial charge in [0.15, 0.2) is 0 Å². The van der Waals surface area contributed by atoms with Gasteiger partial charge in [0, 0.05) is 22.8 Å². The highest BCUT2D eigenvalue weighted by Gasteiger charge is 2.27. The second-order valence-corrected chi connectivity index (χ2v) is 5.92. The Morgan fingerprint density at radius 2 is 1.96 bits per heavy atom. The first-order valence-corrected chi connectivity index (χ1v) is 7.62. The van der Waals surface area contributed by atoms with Gasteiger partial charge < -0.3 is 10.8 Å². The van der Waals surface area contributed by atoms with Crippen LogP contribution in [0.15, 0.2) is 36.8 Å². The number of anilines is 2. The van der Waals surface area contributed by atoms with E-state index in [9.17, 15) is 4.79 Å². The van der Waals surface area contributed by atoms with Crippen molar-refractivity contribution in [1.29, 1.82) is 0 Å². The quantitative estimate of drug-likeness (QED) is 0.638. The third kappa shape index (κ3) is 2.60. The molecule has 2 aromatic heterocycles. The number of hydrogen-bond donors (Lipinski definition) is 3. The Bertz CT molecular complexity index is 953. The van der Waals surface area contributed by atoms with Gasteiger partial charge in [-0.2, -0.15) is 10.2 Å². The number of hydrogen-bond acceptors (Lipinski definition) is 5. The van der Waals surface area contributed by atoms with Crippen molar-refractivity contribution in [3.63, 3.8) is 0 Å². The molecule has 0 unspecified atom stereocenters. The maximum atomic E-state index is 10.8. The van der Waals surface area contributed by atoms with E-state index in [1.54, 1.807) is 18.5 Å². The SMILES string of the molecule is Nc1cc(-c2cnncc2C2CC2)cc2cc(NC(=O)O)ncc12. The molecule has 120 valence electrons. The molecule has 24 heavy (non-hydrogen) atoms. The maximum Gasteiger partial charge on any atom is 0.410 e. The zero-order chi connectivity index (χ0) is 16.7.